The van der Waals surface area contributed by atoms with E-state index in [0.29, 0.717) is 6.61 Å². The SMILES string of the molecule is CCCOC([S])OC. The van der Waals surface area contributed by atoms with Gasteiger partial charge in [-0.05, 0) is 19.0 Å². The maximum Gasteiger partial charge on any atom is 0.216 e. The van der Waals surface area contributed by atoms with Crippen LogP contribution < -0.4 is 0 Å². The molecule has 0 aromatic carbocycles. The molecule has 1 unspecified atom stereocenters. The standard InChI is InChI=1S/C5H11O2S/c1-3-4-7-5(8)6-2/h5H,3-4H2,1-2H3. The van der Waals surface area contributed by atoms with E-state index in [2.05, 4.69) is 17.4 Å². The van der Waals surface area contributed by atoms with E-state index in [0.717, 1.165) is 6.42 Å². The summed E-state index contributed by atoms with van der Waals surface area (Å²) >= 11 is 4.66. The first-order valence-corrected chi connectivity index (χ1v) is 3.08. The Hall–Kier alpha value is 0.270. The third-order valence-electron chi connectivity index (χ3n) is 0.651. The van der Waals surface area contributed by atoms with E-state index in [4.69, 9.17) is 4.74 Å². The molecule has 8 heavy (non-hydrogen) atoms. The fourth-order valence-corrected chi connectivity index (χ4v) is 0.378. The Morgan fingerprint density at radius 2 is 2.25 bits per heavy atom. The van der Waals surface area contributed by atoms with E-state index in [1.54, 1.807) is 0 Å². The highest BCUT2D eigenvalue weighted by atomic mass is 32.1. The molecule has 1 atom stereocenters. The second kappa shape index (κ2) is 5.41. The predicted molar refractivity (Wildman–Crippen MR) is 34.6 cm³/mol. The maximum atomic E-state index is 4.93. The van der Waals surface area contributed by atoms with Crippen molar-refractivity contribution < 1.29 is 9.47 Å². The Bertz CT molecular complexity index is 49.7. The molecule has 2 nitrogen and oxygen atoms in total. The molecule has 3 heteroatoms. The van der Waals surface area contributed by atoms with Gasteiger partial charge in [-0.3, -0.25) is 0 Å². The van der Waals surface area contributed by atoms with Crippen LogP contribution in [0.15, 0.2) is 0 Å². The van der Waals surface area contributed by atoms with Crippen molar-refractivity contribution in [3.05, 3.63) is 0 Å². The van der Waals surface area contributed by atoms with Gasteiger partial charge in [0, 0.05) is 7.11 Å². The van der Waals surface area contributed by atoms with E-state index in [1.165, 1.54) is 7.11 Å². The monoisotopic (exact) mass is 135 g/mol. The van der Waals surface area contributed by atoms with E-state index < -0.39 is 5.62 Å². The first-order valence-electron chi connectivity index (χ1n) is 2.61. The number of hydrogen-bond donors (Lipinski definition) is 0. The fourth-order valence-electron chi connectivity index (χ4n) is 0.282. The summed E-state index contributed by atoms with van der Waals surface area (Å²) in [6, 6.07) is 0. The van der Waals surface area contributed by atoms with Gasteiger partial charge in [0.05, 0.1) is 6.61 Å². The number of rotatable bonds is 4. The van der Waals surface area contributed by atoms with E-state index in [1.807, 2.05) is 6.92 Å². The van der Waals surface area contributed by atoms with Crippen molar-refractivity contribution in [2.24, 2.45) is 0 Å². The predicted octanol–water partition coefficient (Wildman–Crippen LogP) is 1.54. The maximum absolute atomic E-state index is 4.93. The highest BCUT2D eigenvalue weighted by Crippen LogP contribution is 1.97. The van der Waals surface area contributed by atoms with Gasteiger partial charge in [-0.2, -0.15) is 0 Å². The van der Waals surface area contributed by atoms with Gasteiger partial charge in [-0.15, -0.1) is 0 Å². The number of hydrogen-bond acceptors (Lipinski definition) is 2. The molecule has 0 aliphatic rings. The lowest BCUT2D eigenvalue weighted by Crippen LogP contribution is -2.07. The Morgan fingerprint density at radius 3 is 2.62 bits per heavy atom. The summed E-state index contributed by atoms with van der Waals surface area (Å²) in [5.74, 6) is 0. The highest BCUT2D eigenvalue weighted by molar-refractivity contribution is 7.80. The Kier molecular flexibility index (Phi) is 5.59. The Morgan fingerprint density at radius 1 is 1.62 bits per heavy atom. The molecule has 0 bridgehead atoms. The van der Waals surface area contributed by atoms with Gasteiger partial charge >= 0.3 is 0 Å². The smallest absolute Gasteiger partial charge is 0.216 e. The molecule has 0 aliphatic carbocycles. The second-order valence-corrected chi connectivity index (χ2v) is 1.78. The van der Waals surface area contributed by atoms with Crippen LogP contribution in [0.4, 0.5) is 0 Å². The molecule has 0 rings (SSSR count). The summed E-state index contributed by atoms with van der Waals surface area (Å²) in [6.45, 7) is 2.71. The number of methoxy groups -OCH3 is 1. The molecule has 0 aliphatic heterocycles. The van der Waals surface area contributed by atoms with Gasteiger partial charge in [0.15, 0.2) is 0 Å². The third-order valence-corrected chi connectivity index (χ3v) is 0.979. The molecule has 0 fully saturated rings. The van der Waals surface area contributed by atoms with Crippen molar-refractivity contribution in [3.8, 4) is 0 Å². The van der Waals surface area contributed by atoms with Crippen LogP contribution in [0.5, 0.6) is 0 Å². The van der Waals surface area contributed by atoms with Crippen LogP contribution in [0, 0.1) is 0 Å². The molecular formula is C5H11O2S. The minimum absolute atomic E-state index is 0.463. The molecule has 0 saturated carbocycles. The molecule has 0 aromatic rings. The Labute approximate surface area is 55.6 Å². The molecule has 49 valence electrons. The van der Waals surface area contributed by atoms with E-state index in [9.17, 15) is 0 Å². The Balaban J connectivity index is 2.86. The van der Waals surface area contributed by atoms with Crippen LogP contribution in [-0.2, 0) is 9.47 Å². The van der Waals surface area contributed by atoms with Gasteiger partial charge in [0.1, 0.15) is 0 Å². The minimum atomic E-state index is -0.463. The van der Waals surface area contributed by atoms with E-state index >= 15 is 0 Å². The zero-order chi connectivity index (χ0) is 6.41. The van der Waals surface area contributed by atoms with Crippen molar-refractivity contribution >= 4 is 12.6 Å². The van der Waals surface area contributed by atoms with Crippen LogP contribution in [0.3, 0.4) is 0 Å². The van der Waals surface area contributed by atoms with Gasteiger partial charge < -0.3 is 9.47 Å². The van der Waals surface area contributed by atoms with Gasteiger partial charge in [0.25, 0.3) is 0 Å². The van der Waals surface area contributed by atoms with Crippen LogP contribution in [-0.4, -0.2) is 19.3 Å². The lowest BCUT2D eigenvalue weighted by Gasteiger charge is -2.06. The van der Waals surface area contributed by atoms with Gasteiger partial charge in [-0.1, -0.05) is 6.92 Å². The molecule has 0 spiro atoms. The lowest BCUT2D eigenvalue weighted by atomic mass is 10.5. The van der Waals surface area contributed by atoms with Crippen molar-refractivity contribution in [2.45, 2.75) is 19.0 Å². The van der Waals surface area contributed by atoms with Crippen LogP contribution in [0.2, 0.25) is 0 Å². The minimum Gasteiger partial charge on any atom is -0.346 e. The zero-order valence-electron chi connectivity index (χ0n) is 5.22. The van der Waals surface area contributed by atoms with Crippen LogP contribution >= 0.6 is 12.6 Å². The summed E-state index contributed by atoms with van der Waals surface area (Å²) in [5, 5.41) is 0. The normalized spacial score (nSPS) is 13.9. The van der Waals surface area contributed by atoms with Crippen molar-refractivity contribution in [1.82, 2.24) is 0 Å². The quantitative estimate of drug-likeness (QED) is 0.544. The van der Waals surface area contributed by atoms with Crippen molar-refractivity contribution in [3.63, 3.8) is 0 Å². The van der Waals surface area contributed by atoms with Crippen molar-refractivity contribution in [1.29, 1.82) is 0 Å². The summed E-state index contributed by atoms with van der Waals surface area (Å²) < 4.78 is 9.58. The fraction of sp³-hybridized carbons (Fsp3) is 1.00. The largest absolute Gasteiger partial charge is 0.346 e. The second-order valence-electron chi connectivity index (χ2n) is 1.40. The zero-order valence-corrected chi connectivity index (χ0v) is 6.03. The third kappa shape index (κ3) is 4.43. The molecular weight excluding hydrogens is 124 g/mol. The molecule has 0 aromatic heterocycles. The molecule has 1 radical (unpaired) electrons. The summed E-state index contributed by atoms with van der Waals surface area (Å²) in [4.78, 5) is 0. The van der Waals surface area contributed by atoms with Gasteiger partial charge in [-0.25, -0.2) is 0 Å². The molecule has 0 heterocycles. The molecule has 0 N–H and O–H groups in total. The first kappa shape index (κ1) is 8.27. The average Bonchev–Trinajstić information content (AvgIpc) is 1.83. The summed E-state index contributed by atoms with van der Waals surface area (Å²) in [6.07, 6.45) is 0.983. The first-order chi connectivity index (χ1) is 3.81. The number of ether oxygens (including phenoxy) is 2. The summed E-state index contributed by atoms with van der Waals surface area (Å²) in [5.41, 5.74) is -0.463. The van der Waals surface area contributed by atoms with Crippen LogP contribution in [0.1, 0.15) is 13.3 Å². The average molecular weight is 135 g/mol. The molecule has 0 saturated heterocycles. The topological polar surface area (TPSA) is 18.5 Å². The van der Waals surface area contributed by atoms with Gasteiger partial charge in [0.2, 0.25) is 5.62 Å². The van der Waals surface area contributed by atoms with Crippen LogP contribution in [0.25, 0.3) is 0 Å². The van der Waals surface area contributed by atoms with Crippen molar-refractivity contribution in [2.75, 3.05) is 13.7 Å². The van der Waals surface area contributed by atoms with E-state index in [-0.39, 0.29) is 0 Å². The summed E-state index contributed by atoms with van der Waals surface area (Å²) in [7, 11) is 1.54. The highest BCUT2D eigenvalue weighted by Gasteiger charge is 1.96. The molecule has 0 amide bonds. The lowest BCUT2D eigenvalue weighted by molar-refractivity contribution is -0.0582.